The molecular formula is C24H29N7O2. The van der Waals surface area contributed by atoms with Crippen LogP contribution in [0.5, 0.6) is 0 Å². The van der Waals surface area contributed by atoms with E-state index in [-0.39, 0.29) is 11.8 Å². The number of carbonyl (C=O) groups is 2. The molecule has 4 heterocycles. The molecule has 0 bridgehead atoms. The summed E-state index contributed by atoms with van der Waals surface area (Å²) in [5.74, 6) is 2.34. The number of rotatable bonds is 5. The molecule has 2 N–H and O–H groups in total. The Morgan fingerprint density at radius 2 is 1.97 bits per heavy atom. The molecule has 2 aromatic heterocycles. The van der Waals surface area contributed by atoms with E-state index in [0.29, 0.717) is 24.1 Å². The van der Waals surface area contributed by atoms with E-state index in [1.165, 1.54) is 6.42 Å². The van der Waals surface area contributed by atoms with Gasteiger partial charge in [-0.15, -0.1) is 0 Å². The van der Waals surface area contributed by atoms with Gasteiger partial charge in [-0.3, -0.25) is 9.59 Å². The van der Waals surface area contributed by atoms with Gasteiger partial charge >= 0.3 is 0 Å². The lowest BCUT2D eigenvalue weighted by Crippen LogP contribution is -2.51. The highest BCUT2D eigenvalue weighted by Gasteiger charge is 2.32. The molecule has 172 valence electrons. The number of nitrogens with zero attached hydrogens (tertiary/aromatic N) is 5. The van der Waals surface area contributed by atoms with Crippen LogP contribution in [-0.2, 0) is 9.59 Å². The van der Waals surface area contributed by atoms with E-state index < -0.39 is 0 Å². The van der Waals surface area contributed by atoms with Gasteiger partial charge in [-0.2, -0.15) is 9.61 Å². The summed E-state index contributed by atoms with van der Waals surface area (Å²) in [5.41, 5.74) is 3.12. The third kappa shape index (κ3) is 3.85. The lowest BCUT2D eigenvalue weighted by atomic mass is 9.84. The summed E-state index contributed by atoms with van der Waals surface area (Å²) in [5, 5.41) is 10.9. The zero-order valence-electron chi connectivity index (χ0n) is 18.7. The molecule has 6 rings (SSSR count). The molecule has 0 radical (unpaired) electrons. The standard InChI is InChI=1S/C24H29N7O2/c1-15-17(12-22(32)26-15)11-18-14-25-31-21(27-19-5-6-19)13-20(28-23(18)31)29-7-9-30(10-8-29)24(33)16-3-2-4-16/h11,13-14,16,19,27H,1-10,12H2,(H,26,32)/b17-11+. The minimum Gasteiger partial charge on any atom is -0.367 e. The van der Waals surface area contributed by atoms with E-state index in [4.69, 9.17) is 4.98 Å². The van der Waals surface area contributed by atoms with Gasteiger partial charge in [-0.1, -0.05) is 13.0 Å². The molecule has 0 atom stereocenters. The Labute approximate surface area is 192 Å². The second-order valence-electron chi connectivity index (χ2n) is 9.57. The van der Waals surface area contributed by atoms with Crippen molar-refractivity contribution >= 4 is 35.2 Å². The molecule has 0 aromatic carbocycles. The highest BCUT2D eigenvalue weighted by atomic mass is 16.2. The molecule has 2 aliphatic carbocycles. The van der Waals surface area contributed by atoms with Crippen molar-refractivity contribution in [2.75, 3.05) is 36.4 Å². The summed E-state index contributed by atoms with van der Waals surface area (Å²) in [6.45, 7) is 6.95. The number of aromatic nitrogens is 3. The van der Waals surface area contributed by atoms with Crippen LogP contribution < -0.4 is 15.5 Å². The molecule has 0 unspecified atom stereocenters. The topological polar surface area (TPSA) is 94.9 Å². The fourth-order valence-electron chi connectivity index (χ4n) is 4.74. The van der Waals surface area contributed by atoms with Gasteiger partial charge in [-0.05, 0) is 37.3 Å². The van der Waals surface area contributed by atoms with Gasteiger partial charge in [-0.25, -0.2) is 4.98 Å². The summed E-state index contributed by atoms with van der Waals surface area (Å²) < 4.78 is 1.84. The molecule has 2 saturated carbocycles. The van der Waals surface area contributed by atoms with Crippen LogP contribution in [0.2, 0.25) is 0 Å². The van der Waals surface area contributed by atoms with Crippen LogP contribution in [-0.4, -0.2) is 63.5 Å². The third-order valence-corrected chi connectivity index (χ3v) is 7.14. The fraction of sp³-hybridized carbons (Fsp3) is 0.500. The first kappa shape index (κ1) is 20.3. The second-order valence-corrected chi connectivity index (χ2v) is 9.57. The molecule has 4 fully saturated rings. The summed E-state index contributed by atoms with van der Waals surface area (Å²) in [6.07, 6.45) is 9.65. The third-order valence-electron chi connectivity index (χ3n) is 7.14. The number of fused-ring (bicyclic) bond motifs is 1. The Morgan fingerprint density at radius 3 is 2.61 bits per heavy atom. The van der Waals surface area contributed by atoms with Crippen molar-refractivity contribution in [2.45, 2.75) is 44.6 Å². The number of nitrogens with one attached hydrogen (secondary N) is 2. The number of anilines is 2. The highest BCUT2D eigenvalue weighted by Crippen LogP contribution is 2.31. The number of allylic oxidation sites excluding steroid dienone is 1. The molecule has 33 heavy (non-hydrogen) atoms. The average Bonchev–Trinajstić information content (AvgIpc) is 3.40. The number of hydrogen-bond acceptors (Lipinski definition) is 6. The Hall–Kier alpha value is -3.36. The number of amides is 2. The van der Waals surface area contributed by atoms with Crippen LogP contribution in [0.4, 0.5) is 11.6 Å². The zero-order valence-corrected chi connectivity index (χ0v) is 18.7. The minimum absolute atomic E-state index is 0.0400. The lowest BCUT2D eigenvalue weighted by molar-refractivity contribution is -0.138. The van der Waals surface area contributed by atoms with Gasteiger partial charge in [0.05, 0.1) is 12.6 Å². The first-order valence-electron chi connectivity index (χ1n) is 11.9. The summed E-state index contributed by atoms with van der Waals surface area (Å²) in [7, 11) is 0. The van der Waals surface area contributed by atoms with E-state index in [2.05, 4.69) is 33.3 Å². The van der Waals surface area contributed by atoms with Crippen molar-refractivity contribution in [3.8, 4) is 0 Å². The van der Waals surface area contributed by atoms with Crippen LogP contribution in [0.3, 0.4) is 0 Å². The molecule has 4 aliphatic rings. The van der Waals surface area contributed by atoms with Gasteiger partial charge in [0.25, 0.3) is 0 Å². The van der Waals surface area contributed by atoms with Gasteiger partial charge in [0, 0.05) is 55.5 Å². The quantitative estimate of drug-likeness (QED) is 0.730. The van der Waals surface area contributed by atoms with E-state index in [9.17, 15) is 9.59 Å². The Kier molecular flexibility index (Phi) is 4.85. The van der Waals surface area contributed by atoms with Crippen molar-refractivity contribution < 1.29 is 9.59 Å². The van der Waals surface area contributed by atoms with Crippen molar-refractivity contribution in [1.82, 2.24) is 24.8 Å². The highest BCUT2D eigenvalue weighted by molar-refractivity contribution is 5.89. The van der Waals surface area contributed by atoms with Gasteiger partial charge in [0.2, 0.25) is 11.8 Å². The molecule has 2 aromatic rings. The number of piperazine rings is 1. The fourth-order valence-corrected chi connectivity index (χ4v) is 4.74. The number of carbonyl (C=O) groups excluding carboxylic acids is 2. The van der Waals surface area contributed by atoms with E-state index in [0.717, 1.165) is 80.3 Å². The van der Waals surface area contributed by atoms with Crippen molar-refractivity contribution in [3.05, 3.63) is 35.7 Å². The first-order chi connectivity index (χ1) is 16.0. The van der Waals surface area contributed by atoms with Gasteiger partial charge in [0.1, 0.15) is 11.6 Å². The molecule has 2 aliphatic heterocycles. The number of hydrogen-bond donors (Lipinski definition) is 2. The van der Waals surface area contributed by atoms with E-state index in [1.54, 1.807) is 6.20 Å². The van der Waals surface area contributed by atoms with Gasteiger partial charge < -0.3 is 20.4 Å². The average molecular weight is 448 g/mol. The SMILES string of the molecule is C=C1NC(=O)C/C1=C\c1cnn2c(NC3CC3)cc(N3CCN(C(=O)C4CCC4)CC3)nc12. The van der Waals surface area contributed by atoms with Crippen LogP contribution >= 0.6 is 0 Å². The zero-order chi connectivity index (χ0) is 22.5. The predicted octanol–water partition coefficient (Wildman–Crippen LogP) is 2.17. The summed E-state index contributed by atoms with van der Waals surface area (Å²) in [4.78, 5) is 33.6. The monoisotopic (exact) mass is 447 g/mol. The van der Waals surface area contributed by atoms with Crippen molar-refractivity contribution in [1.29, 1.82) is 0 Å². The van der Waals surface area contributed by atoms with Crippen LogP contribution in [0.1, 0.15) is 44.1 Å². The van der Waals surface area contributed by atoms with Crippen molar-refractivity contribution in [2.24, 2.45) is 5.92 Å². The predicted molar refractivity (Wildman–Crippen MR) is 126 cm³/mol. The summed E-state index contributed by atoms with van der Waals surface area (Å²) in [6, 6.07) is 2.54. The second kappa shape index (κ2) is 7.90. The normalized spacial score (nSPS) is 22.7. The Morgan fingerprint density at radius 1 is 1.18 bits per heavy atom. The van der Waals surface area contributed by atoms with Crippen LogP contribution in [0, 0.1) is 5.92 Å². The maximum absolute atomic E-state index is 12.6. The van der Waals surface area contributed by atoms with E-state index >= 15 is 0 Å². The van der Waals surface area contributed by atoms with Crippen LogP contribution in [0.15, 0.2) is 30.1 Å². The molecule has 9 nitrogen and oxygen atoms in total. The molecule has 2 amide bonds. The molecule has 9 heteroatoms. The maximum atomic E-state index is 12.6. The first-order valence-corrected chi connectivity index (χ1v) is 11.9. The van der Waals surface area contributed by atoms with Crippen molar-refractivity contribution in [3.63, 3.8) is 0 Å². The van der Waals surface area contributed by atoms with Crippen LogP contribution in [0.25, 0.3) is 11.7 Å². The lowest BCUT2D eigenvalue weighted by Gasteiger charge is -2.38. The smallest absolute Gasteiger partial charge is 0.228 e. The molecule has 0 spiro atoms. The Bertz CT molecular complexity index is 1170. The summed E-state index contributed by atoms with van der Waals surface area (Å²) >= 11 is 0. The largest absolute Gasteiger partial charge is 0.367 e. The molecular weight excluding hydrogens is 418 g/mol. The molecule has 2 saturated heterocycles. The Balaban J connectivity index is 1.29. The minimum atomic E-state index is -0.0400. The van der Waals surface area contributed by atoms with E-state index in [1.807, 2.05) is 15.5 Å². The van der Waals surface area contributed by atoms with Gasteiger partial charge in [0.15, 0.2) is 5.65 Å². The maximum Gasteiger partial charge on any atom is 0.228 e.